The third-order valence-corrected chi connectivity index (χ3v) is 3.19. The third-order valence-electron chi connectivity index (χ3n) is 3.19. The molecular formula is C12H15N5O. The van der Waals surface area contributed by atoms with Gasteiger partial charge in [-0.05, 0) is 6.42 Å². The second kappa shape index (κ2) is 4.29. The molecule has 1 amide bonds. The van der Waals surface area contributed by atoms with Crippen LogP contribution in [0.15, 0.2) is 24.8 Å². The largest absolute Gasteiger partial charge is 0.331 e. The predicted molar refractivity (Wildman–Crippen MR) is 66.2 cm³/mol. The van der Waals surface area contributed by atoms with Gasteiger partial charge in [0.1, 0.15) is 5.82 Å². The van der Waals surface area contributed by atoms with Crippen LogP contribution in [0.1, 0.15) is 18.5 Å². The van der Waals surface area contributed by atoms with Crippen LogP contribution in [0.2, 0.25) is 0 Å². The highest BCUT2D eigenvalue weighted by atomic mass is 16.2. The summed E-state index contributed by atoms with van der Waals surface area (Å²) in [5.41, 5.74) is 0.949. The van der Waals surface area contributed by atoms with Crippen LogP contribution in [0.3, 0.4) is 0 Å². The fourth-order valence-electron chi connectivity index (χ4n) is 2.21. The summed E-state index contributed by atoms with van der Waals surface area (Å²) >= 11 is 0. The summed E-state index contributed by atoms with van der Waals surface area (Å²) in [6, 6.07) is 1.98. The average molecular weight is 245 g/mol. The number of carbonyl (C=O) groups excluding carboxylic acids is 1. The van der Waals surface area contributed by atoms with Crippen molar-refractivity contribution in [1.29, 1.82) is 0 Å². The molecule has 6 nitrogen and oxygen atoms in total. The standard InChI is InChI=1S/C12H15N5O/c1-15-11-7-10(8-16-6-4-13-9-16)14-17(11)5-2-3-12(15)18/h4,6-7,9H,2-3,5,8H2,1H3. The first-order valence-corrected chi connectivity index (χ1v) is 6.03. The van der Waals surface area contributed by atoms with Crippen LogP contribution in [0, 0.1) is 0 Å². The molecule has 0 N–H and O–H groups in total. The molecule has 0 radical (unpaired) electrons. The normalized spacial score (nSPS) is 15.6. The summed E-state index contributed by atoms with van der Waals surface area (Å²) in [6.45, 7) is 1.48. The Bertz CT molecular complexity index is 557. The number of hydrogen-bond acceptors (Lipinski definition) is 3. The molecule has 0 fully saturated rings. The van der Waals surface area contributed by atoms with Gasteiger partial charge in [0.15, 0.2) is 0 Å². The molecule has 0 saturated carbocycles. The van der Waals surface area contributed by atoms with Gasteiger partial charge in [0.05, 0.1) is 18.6 Å². The number of hydrogen-bond donors (Lipinski definition) is 0. The molecule has 0 aromatic carbocycles. The Morgan fingerprint density at radius 2 is 2.33 bits per heavy atom. The highest BCUT2D eigenvalue weighted by Crippen LogP contribution is 2.21. The van der Waals surface area contributed by atoms with E-state index in [9.17, 15) is 4.79 Å². The van der Waals surface area contributed by atoms with Gasteiger partial charge in [-0.25, -0.2) is 9.67 Å². The summed E-state index contributed by atoms with van der Waals surface area (Å²) in [7, 11) is 1.81. The van der Waals surface area contributed by atoms with E-state index in [-0.39, 0.29) is 5.91 Å². The molecule has 1 aliphatic rings. The van der Waals surface area contributed by atoms with E-state index in [2.05, 4.69) is 10.1 Å². The first-order valence-electron chi connectivity index (χ1n) is 6.03. The molecule has 2 aromatic rings. The molecule has 0 saturated heterocycles. The van der Waals surface area contributed by atoms with E-state index in [0.29, 0.717) is 13.0 Å². The zero-order valence-corrected chi connectivity index (χ0v) is 10.3. The Balaban J connectivity index is 1.89. The van der Waals surface area contributed by atoms with E-state index in [1.165, 1.54) is 0 Å². The van der Waals surface area contributed by atoms with Gasteiger partial charge in [0, 0.05) is 38.5 Å². The van der Waals surface area contributed by atoms with Gasteiger partial charge in [-0.2, -0.15) is 5.10 Å². The molecule has 1 aliphatic heterocycles. The highest BCUT2D eigenvalue weighted by Gasteiger charge is 2.20. The fraction of sp³-hybridized carbons (Fsp3) is 0.417. The quantitative estimate of drug-likeness (QED) is 0.789. The zero-order valence-electron chi connectivity index (χ0n) is 10.3. The van der Waals surface area contributed by atoms with Gasteiger partial charge >= 0.3 is 0 Å². The minimum atomic E-state index is 0.155. The Kier molecular flexibility index (Phi) is 2.62. The van der Waals surface area contributed by atoms with Crippen molar-refractivity contribution in [2.24, 2.45) is 0 Å². The number of fused-ring (bicyclic) bond motifs is 1. The Labute approximate surface area is 105 Å². The number of aromatic nitrogens is 4. The molecule has 94 valence electrons. The number of aryl methyl sites for hydroxylation is 1. The smallest absolute Gasteiger partial charge is 0.227 e. The van der Waals surface area contributed by atoms with Crippen LogP contribution in [-0.2, 0) is 17.9 Å². The molecule has 3 rings (SSSR count). The number of imidazole rings is 1. The maximum Gasteiger partial charge on any atom is 0.227 e. The third kappa shape index (κ3) is 1.90. The van der Waals surface area contributed by atoms with Crippen molar-refractivity contribution in [3.8, 4) is 0 Å². The number of nitrogens with zero attached hydrogens (tertiary/aromatic N) is 5. The lowest BCUT2D eigenvalue weighted by atomic mass is 10.3. The average Bonchev–Trinajstić information content (AvgIpc) is 2.96. The summed E-state index contributed by atoms with van der Waals surface area (Å²) in [6.07, 6.45) is 6.86. The van der Waals surface area contributed by atoms with Gasteiger partial charge < -0.3 is 9.47 Å². The lowest BCUT2D eigenvalue weighted by molar-refractivity contribution is -0.118. The Morgan fingerprint density at radius 3 is 3.11 bits per heavy atom. The van der Waals surface area contributed by atoms with Gasteiger partial charge in [0.2, 0.25) is 5.91 Å². The first kappa shape index (κ1) is 11.0. The van der Waals surface area contributed by atoms with Gasteiger partial charge in [-0.3, -0.25) is 4.79 Å². The Morgan fingerprint density at radius 1 is 1.44 bits per heavy atom. The topological polar surface area (TPSA) is 56.0 Å². The molecule has 0 unspecified atom stereocenters. The molecule has 0 bridgehead atoms. The van der Waals surface area contributed by atoms with E-state index in [1.54, 1.807) is 17.4 Å². The van der Waals surface area contributed by atoms with Crippen LogP contribution < -0.4 is 4.90 Å². The van der Waals surface area contributed by atoms with Gasteiger partial charge in [0.25, 0.3) is 0 Å². The van der Waals surface area contributed by atoms with Gasteiger partial charge in [-0.1, -0.05) is 0 Å². The lowest BCUT2D eigenvalue weighted by Crippen LogP contribution is -2.25. The molecule has 0 atom stereocenters. The Hall–Kier alpha value is -2.11. The maximum absolute atomic E-state index is 11.8. The van der Waals surface area contributed by atoms with E-state index in [0.717, 1.165) is 24.5 Å². The van der Waals surface area contributed by atoms with Crippen molar-refractivity contribution in [3.05, 3.63) is 30.5 Å². The van der Waals surface area contributed by atoms with Crippen LogP contribution in [-0.4, -0.2) is 32.3 Å². The summed E-state index contributed by atoms with van der Waals surface area (Å²) in [5.74, 6) is 1.04. The molecule has 2 aromatic heterocycles. The second-order valence-corrected chi connectivity index (χ2v) is 4.51. The van der Waals surface area contributed by atoms with Crippen LogP contribution in [0.4, 0.5) is 5.82 Å². The minimum absolute atomic E-state index is 0.155. The monoisotopic (exact) mass is 245 g/mol. The van der Waals surface area contributed by atoms with Crippen molar-refractivity contribution >= 4 is 11.7 Å². The summed E-state index contributed by atoms with van der Waals surface area (Å²) in [5, 5.41) is 4.54. The van der Waals surface area contributed by atoms with Crippen molar-refractivity contribution in [2.75, 3.05) is 11.9 Å². The summed E-state index contributed by atoms with van der Waals surface area (Å²) < 4.78 is 3.88. The zero-order chi connectivity index (χ0) is 12.5. The molecule has 6 heteroatoms. The lowest BCUT2D eigenvalue weighted by Gasteiger charge is -2.13. The molecule has 0 aliphatic carbocycles. The van der Waals surface area contributed by atoms with E-state index in [1.807, 2.05) is 28.6 Å². The van der Waals surface area contributed by atoms with E-state index >= 15 is 0 Å². The number of rotatable bonds is 2. The van der Waals surface area contributed by atoms with Crippen molar-refractivity contribution in [3.63, 3.8) is 0 Å². The first-order chi connectivity index (χ1) is 8.74. The van der Waals surface area contributed by atoms with Gasteiger partial charge in [-0.15, -0.1) is 0 Å². The van der Waals surface area contributed by atoms with Crippen LogP contribution in [0.25, 0.3) is 0 Å². The van der Waals surface area contributed by atoms with E-state index in [4.69, 9.17) is 0 Å². The predicted octanol–water partition coefficient (Wildman–Crippen LogP) is 0.884. The fourth-order valence-corrected chi connectivity index (χ4v) is 2.21. The minimum Gasteiger partial charge on any atom is -0.331 e. The van der Waals surface area contributed by atoms with Crippen LogP contribution in [0.5, 0.6) is 0 Å². The number of carbonyl (C=O) groups is 1. The van der Waals surface area contributed by atoms with Crippen molar-refractivity contribution in [2.45, 2.75) is 25.9 Å². The molecule has 3 heterocycles. The SMILES string of the molecule is CN1C(=O)CCCn2nc(Cn3ccnc3)cc21. The molecule has 18 heavy (non-hydrogen) atoms. The number of amides is 1. The molecule has 0 spiro atoms. The highest BCUT2D eigenvalue weighted by molar-refractivity contribution is 5.92. The second-order valence-electron chi connectivity index (χ2n) is 4.51. The van der Waals surface area contributed by atoms with Crippen molar-refractivity contribution < 1.29 is 4.79 Å². The number of anilines is 1. The van der Waals surface area contributed by atoms with Crippen molar-refractivity contribution in [1.82, 2.24) is 19.3 Å². The van der Waals surface area contributed by atoms with Crippen LogP contribution >= 0.6 is 0 Å². The maximum atomic E-state index is 11.8. The van der Waals surface area contributed by atoms with E-state index < -0.39 is 0 Å². The molecular weight excluding hydrogens is 230 g/mol. The summed E-state index contributed by atoms with van der Waals surface area (Å²) in [4.78, 5) is 17.5.